The van der Waals surface area contributed by atoms with E-state index in [2.05, 4.69) is 181 Å². The van der Waals surface area contributed by atoms with Crippen LogP contribution >= 0.6 is 0 Å². The van der Waals surface area contributed by atoms with Crippen LogP contribution in [0.25, 0.3) is 66.1 Å². The molecule has 9 rings (SSSR count). The molecule has 0 saturated heterocycles. The second-order valence-electron chi connectivity index (χ2n) is 12.2. The van der Waals surface area contributed by atoms with Crippen molar-refractivity contribution in [2.24, 2.45) is 0 Å². The summed E-state index contributed by atoms with van der Waals surface area (Å²) in [6, 6.07) is 66.9. The Morgan fingerprint density at radius 2 is 0.958 bits per heavy atom. The zero-order valence-corrected chi connectivity index (χ0v) is 26.3. The highest BCUT2D eigenvalue weighted by atomic mass is 16.3. The largest absolute Gasteiger partial charge is 0.456 e. The number of anilines is 3. The number of rotatable bonds is 6. The molecule has 0 amide bonds. The van der Waals surface area contributed by atoms with Crippen LogP contribution in [0, 0.1) is 0 Å². The van der Waals surface area contributed by atoms with Gasteiger partial charge < -0.3 is 9.32 Å². The Labute approximate surface area is 279 Å². The average molecular weight is 614 g/mol. The van der Waals surface area contributed by atoms with Gasteiger partial charge in [0.15, 0.2) is 0 Å². The molecule has 0 bridgehead atoms. The topological polar surface area (TPSA) is 16.4 Å². The summed E-state index contributed by atoms with van der Waals surface area (Å²) in [4.78, 5) is 2.36. The van der Waals surface area contributed by atoms with Gasteiger partial charge in [0.05, 0.1) is 11.1 Å². The van der Waals surface area contributed by atoms with Crippen LogP contribution < -0.4 is 4.90 Å². The molecule has 2 heteroatoms. The molecule has 0 unspecified atom stereocenters. The first-order valence-corrected chi connectivity index (χ1v) is 16.3. The molecule has 0 radical (unpaired) electrons. The molecule has 0 saturated carbocycles. The molecule has 226 valence electrons. The third-order valence-corrected chi connectivity index (χ3v) is 9.25. The van der Waals surface area contributed by atoms with Gasteiger partial charge >= 0.3 is 0 Å². The van der Waals surface area contributed by atoms with Crippen molar-refractivity contribution in [1.82, 2.24) is 0 Å². The van der Waals surface area contributed by atoms with Crippen molar-refractivity contribution in [2.75, 3.05) is 4.90 Å². The van der Waals surface area contributed by atoms with E-state index >= 15 is 0 Å². The first-order valence-electron chi connectivity index (χ1n) is 16.3. The van der Waals surface area contributed by atoms with E-state index in [1.165, 1.54) is 38.6 Å². The van der Waals surface area contributed by atoms with Crippen LogP contribution in [-0.4, -0.2) is 0 Å². The van der Waals surface area contributed by atoms with E-state index in [9.17, 15) is 0 Å². The van der Waals surface area contributed by atoms with E-state index in [1.54, 1.807) is 0 Å². The van der Waals surface area contributed by atoms with Crippen LogP contribution in [0.4, 0.5) is 17.1 Å². The molecule has 1 heterocycles. The van der Waals surface area contributed by atoms with E-state index in [-0.39, 0.29) is 0 Å². The predicted molar refractivity (Wildman–Crippen MR) is 202 cm³/mol. The summed E-state index contributed by atoms with van der Waals surface area (Å²) in [6.45, 7) is 0. The minimum absolute atomic E-state index is 0.874. The molecule has 0 atom stereocenters. The Morgan fingerprint density at radius 3 is 1.83 bits per heavy atom. The highest BCUT2D eigenvalue weighted by Crippen LogP contribution is 2.44. The lowest BCUT2D eigenvalue weighted by Crippen LogP contribution is -2.10. The third-order valence-electron chi connectivity index (χ3n) is 9.25. The molecule has 0 N–H and O–H groups in total. The minimum Gasteiger partial charge on any atom is -0.456 e. The Balaban J connectivity index is 1.20. The van der Waals surface area contributed by atoms with Crippen LogP contribution in [0.5, 0.6) is 0 Å². The van der Waals surface area contributed by atoms with E-state index in [4.69, 9.17) is 4.42 Å². The fourth-order valence-corrected chi connectivity index (χ4v) is 6.97. The van der Waals surface area contributed by atoms with Gasteiger partial charge in [0.25, 0.3) is 0 Å². The zero-order chi connectivity index (χ0) is 31.9. The summed E-state index contributed by atoms with van der Waals surface area (Å²) < 4.78 is 6.34. The molecular formula is C46H31NO. The van der Waals surface area contributed by atoms with Gasteiger partial charge in [-0.05, 0) is 92.7 Å². The maximum absolute atomic E-state index is 6.34. The highest BCUT2D eigenvalue weighted by molar-refractivity contribution is 6.13. The van der Waals surface area contributed by atoms with Gasteiger partial charge in [-0.1, -0.05) is 140 Å². The van der Waals surface area contributed by atoms with Crippen LogP contribution in [0.3, 0.4) is 0 Å². The van der Waals surface area contributed by atoms with Crippen molar-refractivity contribution in [3.63, 3.8) is 0 Å². The molecule has 2 nitrogen and oxygen atoms in total. The van der Waals surface area contributed by atoms with Crippen molar-refractivity contribution in [3.05, 3.63) is 188 Å². The van der Waals surface area contributed by atoms with Crippen molar-refractivity contribution < 1.29 is 4.42 Å². The molecule has 9 aromatic rings. The lowest BCUT2D eigenvalue weighted by Gasteiger charge is -2.27. The van der Waals surface area contributed by atoms with Gasteiger partial charge in [0.2, 0.25) is 0 Å². The van der Waals surface area contributed by atoms with Crippen LogP contribution in [0.2, 0.25) is 0 Å². The number of fused-ring (bicyclic) bond motifs is 4. The molecule has 0 aliphatic carbocycles. The van der Waals surface area contributed by atoms with Crippen LogP contribution in [0.15, 0.2) is 192 Å². The van der Waals surface area contributed by atoms with Gasteiger partial charge in [-0.25, -0.2) is 0 Å². The minimum atomic E-state index is 0.874. The smallest absolute Gasteiger partial charge is 0.137 e. The second kappa shape index (κ2) is 11.8. The number of hydrogen-bond acceptors (Lipinski definition) is 2. The summed E-state index contributed by atoms with van der Waals surface area (Å²) in [5.41, 5.74) is 12.2. The monoisotopic (exact) mass is 613 g/mol. The molecule has 0 fully saturated rings. The van der Waals surface area contributed by atoms with Crippen LogP contribution in [-0.2, 0) is 0 Å². The molecule has 0 spiro atoms. The standard InChI is InChI=1S/C46H31NO/c1-2-12-32(13-3-1)33-26-28-38(29-27-33)47(43-23-11-25-45-46(43)42-21-6-7-24-44(42)48-45)39-19-9-17-36(31-39)35-16-8-18-37(30-35)41-22-10-15-34-14-4-5-20-40(34)41/h1-31H. The average Bonchev–Trinajstić information content (AvgIpc) is 3.55. The van der Waals surface area contributed by atoms with Gasteiger partial charge in [0, 0.05) is 16.8 Å². The Hall–Kier alpha value is -6.38. The first-order chi connectivity index (χ1) is 23.8. The number of para-hydroxylation sites is 1. The fraction of sp³-hybridized carbons (Fsp3) is 0. The summed E-state index contributed by atoms with van der Waals surface area (Å²) in [5.74, 6) is 0. The normalized spacial score (nSPS) is 11.3. The Bertz CT molecular complexity index is 2560. The van der Waals surface area contributed by atoms with E-state index in [1.807, 2.05) is 12.1 Å². The fourth-order valence-electron chi connectivity index (χ4n) is 6.97. The molecular weight excluding hydrogens is 583 g/mol. The summed E-state index contributed by atoms with van der Waals surface area (Å²) in [5, 5.41) is 4.71. The third kappa shape index (κ3) is 4.92. The van der Waals surface area contributed by atoms with E-state index in [0.717, 1.165) is 44.6 Å². The first kappa shape index (κ1) is 27.9. The molecule has 0 aliphatic rings. The number of furan rings is 1. The van der Waals surface area contributed by atoms with Crippen molar-refractivity contribution in [1.29, 1.82) is 0 Å². The molecule has 8 aromatic carbocycles. The van der Waals surface area contributed by atoms with Crippen LogP contribution in [0.1, 0.15) is 0 Å². The van der Waals surface area contributed by atoms with Gasteiger partial charge in [-0.3, -0.25) is 0 Å². The highest BCUT2D eigenvalue weighted by Gasteiger charge is 2.20. The molecule has 48 heavy (non-hydrogen) atoms. The summed E-state index contributed by atoms with van der Waals surface area (Å²) in [6.07, 6.45) is 0. The van der Waals surface area contributed by atoms with Crippen molar-refractivity contribution in [2.45, 2.75) is 0 Å². The van der Waals surface area contributed by atoms with Gasteiger partial charge in [-0.15, -0.1) is 0 Å². The summed E-state index contributed by atoms with van der Waals surface area (Å²) >= 11 is 0. The Morgan fingerprint density at radius 1 is 0.354 bits per heavy atom. The van der Waals surface area contributed by atoms with Gasteiger partial charge in [-0.2, -0.15) is 0 Å². The van der Waals surface area contributed by atoms with E-state index in [0.29, 0.717) is 0 Å². The summed E-state index contributed by atoms with van der Waals surface area (Å²) in [7, 11) is 0. The zero-order valence-electron chi connectivity index (χ0n) is 26.3. The number of hydrogen-bond donors (Lipinski definition) is 0. The predicted octanol–water partition coefficient (Wildman–Crippen LogP) is 13.2. The van der Waals surface area contributed by atoms with Crippen molar-refractivity contribution in [3.8, 4) is 33.4 Å². The maximum Gasteiger partial charge on any atom is 0.137 e. The lowest BCUT2D eigenvalue weighted by atomic mass is 9.95. The quantitative estimate of drug-likeness (QED) is 0.185. The molecule has 1 aromatic heterocycles. The Kier molecular flexibility index (Phi) is 6.84. The number of benzene rings is 8. The molecule has 0 aliphatic heterocycles. The SMILES string of the molecule is c1ccc(-c2ccc(N(c3cccc(-c4cccc(-c5cccc6ccccc56)c4)c3)c3cccc4oc5ccccc5c34)cc2)cc1. The second-order valence-corrected chi connectivity index (χ2v) is 12.2. The maximum atomic E-state index is 6.34. The van der Waals surface area contributed by atoms with Gasteiger partial charge in [0.1, 0.15) is 11.2 Å². The number of nitrogens with zero attached hydrogens (tertiary/aromatic N) is 1. The van der Waals surface area contributed by atoms with E-state index < -0.39 is 0 Å². The lowest BCUT2D eigenvalue weighted by molar-refractivity contribution is 0.669. The van der Waals surface area contributed by atoms with Crippen molar-refractivity contribution >= 4 is 49.8 Å².